The van der Waals surface area contributed by atoms with Crippen LogP contribution in [-0.4, -0.2) is 21.6 Å². The number of aliphatic hydroxyl groups excluding tert-OH is 1. The van der Waals surface area contributed by atoms with Gasteiger partial charge in [0.05, 0.1) is 21.7 Å². The van der Waals surface area contributed by atoms with Crippen LogP contribution in [0.15, 0.2) is 39.5 Å². The number of aliphatic hydroxyl groups is 1. The minimum absolute atomic E-state index is 0.0248. The van der Waals surface area contributed by atoms with Crippen LogP contribution in [0.5, 0.6) is 0 Å². The molecule has 106 valence electrons. The molecule has 0 aliphatic rings. The number of anilines is 1. The predicted molar refractivity (Wildman–Crippen MR) is 75.4 cm³/mol. The summed E-state index contributed by atoms with van der Waals surface area (Å²) in [7, 11) is 0. The quantitative estimate of drug-likeness (QED) is 0.618. The molecule has 2 heterocycles. The van der Waals surface area contributed by atoms with Crippen LogP contribution in [0.1, 0.15) is 18.2 Å². The summed E-state index contributed by atoms with van der Waals surface area (Å²) in [4.78, 5) is 14.1. The Morgan fingerprint density at radius 3 is 2.95 bits per heavy atom. The van der Waals surface area contributed by atoms with Crippen molar-refractivity contribution >= 4 is 27.4 Å². The Kier molecular flexibility index (Phi) is 4.70. The van der Waals surface area contributed by atoms with Gasteiger partial charge in [0.25, 0.3) is 5.69 Å². The molecule has 0 radical (unpaired) electrons. The minimum Gasteiger partial charge on any atom is -0.467 e. The van der Waals surface area contributed by atoms with Crippen molar-refractivity contribution in [3.63, 3.8) is 0 Å². The summed E-state index contributed by atoms with van der Waals surface area (Å²) >= 11 is 3.24. The molecule has 0 bridgehead atoms. The van der Waals surface area contributed by atoms with E-state index < -0.39 is 4.92 Å². The fourth-order valence-electron chi connectivity index (χ4n) is 1.70. The van der Waals surface area contributed by atoms with Crippen molar-refractivity contribution in [2.75, 3.05) is 11.9 Å². The van der Waals surface area contributed by atoms with Crippen molar-refractivity contribution in [3.8, 4) is 0 Å². The molecule has 2 N–H and O–H groups in total. The van der Waals surface area contributed by atoms with Crippen molar-refractivity contribution in [1.82, 2.24) is 4.98 Å². The summed E-state index contributed by atoms with van der Waals surface area (Å²) in [5, 5.41) is 22.8. The standard InChI is InChI=1S/C12H12BrN3O4/c13-9-6-8(16(18)19)7-14-12(9)15-10(3-4-17)11-2-1-5-20-11/h1-2,5-7,10,17H,3-4H2,(H,14,15). The third kappa shape index (κ3) is 3.34. The van der Waals surface area contributed by atoms with Crippen molar-refractivity contribution in [1.29, 1.82) is 0 Å². The predicted octanol–water partition coefficient (Wildman–Crippen LogP) is 2.88. The molecule has 0 aliphatic carbocycles. The van der Waals surface area contributed by atoms with Crippen LogP contribution in [0.2, 0.25) is 0 Å². The number of rotatable bonds is 6. The van der Waals surface area contributed by atoms with Gasteiger partial charge in [-0.1, -0.05) is 0 Å². The van der Waals surface area contributed by atoms with Gasteiger partial charge in [0.1, 0.15) is 17.8 Å². The number of aromatic nitrogens is 1. The molecule has 8 heteroatoms. The zero-order valence-electron chi connectivity index (χ0n) is 10.3. The Bertz CT molecular complexity index is 588. The molecule has 1 unspecified atom stereocenters. The second kappa shape index (κ2) is 6.49. The second-order valence-electron chi connectivity index (χ2n) is 4.01. The fraction of sp³-hybridized carbons (Fsp3) is 0.250. The number of hydrogen-bond acceptors (Lipinski definition) is 6. The van der Waals surface area contributed by atoms with Crippen LogP contribution in [-0.2, 0) is 0 Å². The summed E-state index contributed by atoms with van der Waals surface area (Å²) in [5.74, 6) is 1.11. The van der Waals surface area contributed by atoms with Gasteiger partial charge in [-0.3, -0.25) is 10.1 Å². The van der Waals surface area contributed by atoms with Gasteiger partial charge < -0.3 is 14.8 Å². The Morgan fingerprint density at radius 2 is 2.40 bits per heavy atom. The first-order valence-electron chi connectivity index (χ1n) is 5.82. The molecule has 0 aliphatic heterocycles. The fourth-order valence-corrected chi connectivity index (χ4v) is 2.15. The topological polar surface area (TPSA) is 101 Å². The van der Waals surface area contributed by atoms with Crippen molar-refractivity contribution < 1.29 is 14.4 Å². The van der Waals surface area contributed by atoms with Crippen LogP contribution < -0.4 is 5.32 Å². The Balaban J connectivity index is 2.21. The summed E-state index contributed by atoms with van der Waals surface area (Å²) in [6.45, 7) is -0.0248. The number of halogens is 1. The zero-order valence-corrected chi connectivity index (χ0v) is 11.9. The molecule has 0 spiro atoms. The van der Waals surface area contributed by atoms with E-state index in [0.717, 1.165) is 0 Å². The van der Waals surface area contributed by atoms with E-state index in [1.54, 1.807) is 18.4 Å². The van der Waals surface area contributed by atoms with Gasteiger partial charge >= 0.3 is 0 Å². The molecule has 0 amide bonds. The molecule has 0 saturated heterocycles. The minimum atomic E-state index is -0.515. The molecule has 1 atom stereocenters. The highest BCUT2D eigenvalue weighted by molar-refractivity contribution is 9.10. The Labute approximate surface area is 122 Å². The van der Waals surface area contributed by atoms with Crippen LogP contribution in [0.4, 0.5) is 11.5 Å². The number of nitrogens with one attached hydrogen (secondary N) is 1. The molecule has 0 saturated carbocycles. The monoisotopic (exact) mass is 341 g/mol. The summed E-state index contributed by atoms with van der Waals surface area (Å²) in [6, 6.07) is 4.64. The maximum Gasteiger partial charge on any atom is 0.288 e. The zero-order chi connectivity index (χ0) is 14.5. The largest absolute Gasteiger partial charge is 0.467 e. The molecule has 0 aromatic carbocycles. The van der Waals surface area contributed by atoms with E-state index in [-0.39, 0.29) is 18.3 Å². The van der Waals surface area contributed by atoms with E-state index in [4.69, 9.17) is 9.52 Å². The third-order valence-electron chi connectivity index (χ3n) is 2.65. The molecule has 2 aromatic heterocycles. The third-order valence-corrected chi connectivity index (χ3v) is 3.26. The lowest BCUT2D eigenvalue weighted by Gasteiger charge is -2.16. The van der Waals surface area contributed by atoms with Crippen molar-refractivity contribution in [3.05, 3.63) is 51.0 Å². The lowest BCUT2D eigenvalue weighted by atomic mass is 10.1. The second-order valence-corrected chi connectivity index (χ2v) is 4.86. The van der Waals surface area contributed by atoms with Crippen LogP contribution in [0.25, 0.3) is 0 Å². The summed E-state index contributed by atoms with van der Waals surface area (Å²) in [6.07, 6.45) is 3.14. The van der Waals surface area contributed by atoms with Gasteiger partial charge in [-0.2, -0.15) is 0 Å². The SMILES string of the molecule is O=[N+]([O-])c1cnc(NC(CCO)c2ccco2)c(Br)c1. The van der Waals surface area contributed by atoms with E-state index in [2.05, 4.69) is 26.2 Å². The Morgan fingerprint density at radius 1 is 1.60 bits per heavy atom. The van der Waals surface area contributed by atoms with E-state index in [0.29, 0.717) is 22.5 Å². The van der Waals surface area contributed by atoms with Gasteiger partial charge in [0, 0.05) is 12.7 Å². The van der Waals surface area contributed by atoms with Gasteiger partial charge in [0.2, 0.25) is 0 Å². The smallest absolute Gasteiger partial charge is 0.288 e. The molecule has 7 nitrogen and oxygen atoms in total. The van der Waals surface area contributed by atoms with Gasteiger partial charge in [-0.05, 0) is 34.5 Å². The normalized spacial score (nSPS) is 12.1. The number of furan rings is 1. The van der Waals surface area contributed by atoms with Crippen molar-refractivity contribution in [2.45, 2.75) is 12.5 Å². The number of nitro groups is 1. The average Bonchev–Trinajstić information content (AvgIpc) is 2.94. The van der Waals surface area contributed by atoms with E-state index >= 15 is 0 Å². The molecule has 20 heavy (non-hydrogen) atoms. The molecular weight excluding hydrogens is 330 g/mol. The van der Waals surface area contributed by atoms with Gasteiger partial charge in [0.15, 0.2) is 0 Å². The molecule has 2 rings (SSSR count). The van der Waals surface area contributed by atoms with E-state index in [1.807, 2.05) is 0 Å². The first-order chi connectivity index (χ1) is 9.61. The lowest BCUT2D eigenvalue weighted by molar-refractivity contribution is -0.385. The van der Waals surface area contributed by atoms with Crippen LogP contribution in [0.3, 0.4) is 0 Å². The summed E-state index contributed by atoms with van der Waals surface area (Å²) < 4.78 is 5.77. The first-order valence-corrected chi connectivity index (χ1v) is 6.62. The highest BCUT2D eigenvalue weighted by Crippen LogP contribution is 2.29. The van der Waals surface area contributed by atoms with Crippen LogP contribution in [0, 0.1) is 10.1 Å². The Hall–Kier alpha value is -1.93. The highest BCUT2D eigenvalue weighted by Gasteiger charge is 2.17. The van der Waals surface area contributed by atoms with Gasteiger partial charge in [-0.25, -0.2) is 4.98 Å². The van der Waals surface area contributed by atoms with Gasteiger partial charge in [-0.15, -0.1) is 0 Å². The number of pyridine rings is 1. The van der Waals surface area contributed by atoms with Crippen molar-refractivity contribution in [2.24, 2.45) is 0 Å². The maximum atomic E-state index is 10.7. The first kappa shape index (κ1) is 14.5. The molecule has 2 aromatic rings. The van der Waals surface area contributed by atoms with Crippen LogP contribution >= 0.6 is 15.9 Å². The molecule has 0 fully saturated rings. The van der Waals surface area contributed by atoms with E-state index in [1.165, 1.54) is 12.3 Å². The summed E-state index contributed by atoms with van der Waals surface area (Å²) in [5.41, 5.74) is -0.0980. The molecular formula is C12H12BrN3O4. The number of hydrogen-bond donors (Lipinski definition) is 2. The lowest BCUT2D eigenvalue weighted by Crippen LogP contribution is -2.13. The highest BCUT2D eigenvalue weighted by atomic mass is 79.9. The number of nitrogens with zero attached hydrogens (tertiary/aromatic N) is 2. The maximum absolute atomic E-state index is 10.7. The average molecular weight is 342 g/mol. The van der Waals surface area contributed by atoms with E-state index in [9.17, 15) is 10.1 Å².